The minimum absolute atomic E-state index is 0.0243. The molecule has 0 aliphatic heterocycles. The van der Waals surface area contributed by atoms with Gasteiger partial charge < -0.3 is 21.1 Å². The summed E-state index contributed by atoms with van der Waals surface area (Å²) in [6, 6.07) is 2.11. The molecule has 0 aliphatic rings. The molecule has 1 rings (SSSR count). The van der Waals surface area contributed by atoms with E-state index in [1.165, 1.54) is 17.0 Å². The van der Waals surface area contributed by atoms with E-state index in [0.29, 0.717) is 0 Å². The highest BCUT2D eigenvalue weighted by Gasteiger charge is 2.22. The Kier molecular flexibility index (Phi) is 9.96. The minimum Gasteiger partial charge on any atom is -0.480 e. The van der Waals surface area contributed by atoms with E-state index < -0.39 is 39.8 Å². The Balaban J connectivity index is 2.92. The largest absolute Gasteiger partial charge is 0.480 e. The van der Waals surface area contributed by atoms with E-state index in [1.54, 1.807) is 0 Å². The molecule has 4 N–H and O–H groups in total. The number of hydrogen-bond donors (Lipinski definition) is 3. The fourth-order valence-electron chi connectivity index (χ4n) is 2.44. The highest BCUT2D eigenvalue weighted by molar-refractivity contribution is 7.85. The first kappa shape index (κ1) is 25.6. The number of nitrogens with one attached hydrogen (secondary N) is 1. The highest BCUT2D eigenvalue weighted by atomic mass is 35.5. The molecule has 0 saturated heterocycles. The fraction of sp³-hybridized carbons (Fsp3) is 0.471. The Morgan fingerprint density at radius 1 is 1.33 bits per heavy atom. The van der Waals surface area contributed by atoms with Gasteiger partial charge in [0.05, 0.1) is 18.6 Å². The molecule has 0 aliphatic carbocycles. The third-order valence-electron chi connectivity index (χ3n) is 3.85. The number of carbonyl (C=O) groups is 3. The van der Waals surface area contributed by atoms with Crippen LogP contribution < -0.4 is 16.0 Å². The molecule has 13 heteroatoms. The van der Waals surface area contributed by atoms with Gasteiger partial charge >= 0.3 is 5.97 Å². The highest BCUT2D eigenvalue weighted by Crippen LogP contribution is 2.21. The van der Waals surface area contributed by atoms with Crippen LogP contribution in [0.4, 0.5) is 10.1 Å². The number of nitrogens with zero attached hydrogens (tertiary/aromatic N) is 1. The molecule has 0 heterocycles. The van der Waals surface area contributed by atoms with Crippen LogP contribution in [-0.2, 0) is 23.9 Å². The van der Waals surface area contributed by atoms with Crippen molar-refractivity contribution in [1.29, 1.82) is 0 Å². The van der Waals surface area contributed by atoms with E-state index >= 15 is 0 Å². The van der Waals surface area contributed by atoms with E-state index in [0.717, 1.165) is 12.3 Å². The third-order valence-corrected chi connectivity index (χ3v) is 4.61. The maximum Gasteiger partial charge on any atom is 0.326 e. The summed E-state index contributed by atoms with van der Waals surface area (Å²) in [6.45, 7) is -0.0145. The van der Waals surface area contributed by atoms with E-state index in [1.807, 2.05) is 0 Å². The average molecular weight is 468 g/mol. The number of alkyl halides is 1. The SMILES string of the molecule is CS(=O)(=O)OCCN(CCCl)c1ccc(C(=O)N[C@@H](CCC(N)=O)C(=O)O)cc1F. The molecule has 10 nitrogen and oxygen atoms in total. The summed E-state index contributed by atoms with van der Waals surface area (Å²) in [5.74, 6) is -3.59. The van der Waals surface area contributed by atoms with Crippen LogP contribution in [0.2, 0.25) is 0 Å². The molecule has 1 aromatic rings. The second kappa shape index (κ2) is 11.7. The number of carboxylic acid groups (broad SMARTS) is 1. The van der Waals surface area contributed by atoms with Gasteiger partial charge in [0.1, 0.15) is 11.9 Å². The van der Waals surface area contributed by atoms with Crippen LogP contribution in [0.1, 0.15) is 23.2 Å². The van der Waals surface area contributed by atoms with Gasteiger partial charge in [0.25, 0.3) is 16.0 Å². The summed E-state index contributed by atoms with van der Waals surface area (Å²) in [7, 11) is -3.66. The molecule has 0 saturated carbocycles. The van der Waals surface area contributed by atoms with Gasteiger partial charge in [0.2, 0.25) is 5.91 Å². The number of hydrogen-bond acceptors (Lipinski definition) is 7. The van der Waals surface area contributed by atoms with Gasteiger partial charge in [0, 0.05) is 31.0 Å². The third kappa shape index (κ3) is 8.93. The second-order valence-corrected chi connectivity index (χ2v) is 8.26. The van der Waals surface area contributed by atoms with Gasteiger partial charge in [-0.1, -0.05) is 0 Å². The van der Waals surface area contributed by atoms with Crippen molar-refractivity contribution in [3.8, 4) is 0 Å². The monoisotopic (exact) mass is 467 g/mol. The van der Waals surface area contributed by atoms with Crippen molar-refractivity contribution in [2.24, 2.45) is 5.73 Å². The zero-order chi connectivity index (χ0) is 22.9. The smallest absolute Gasteiger partial charge is 0.326 e. The molecule has 1 atom stereocenters. The number of rotatable bonds is 13. The number of primary amides is 1. The van der Waals surface area contributed by atoms with Crippen molar-refractivity contribution in [3.05, 3.63) is 29.6 Å². The Morgan fingerprint density at radius 2 is 2.00 bits per heavy atom. The summed E-state index contributed by atoms with van der Waals surface area (Å²) in [6.07, 6.45) is 0.439. The number of benzene rings is 1. The molecule has 1 aromatic carbocycles. The van der Waals surface area contributed by atoms with Gasteiger partial charge in [-0.2, -0.15) is 8.42 Å². The molecule has 0 unspecified atom stereocenters. The van der Waals surface area contributed by atoms with E-state index in [9.17, 15) is 27.2 Å². The normalized spacial score (nSPS) is 12.2. The van der Waals surface area contributed by atoms with Crippen LogP contribution in [0.25, 0.3) is 0 Å². The fourth-order valence-corrected chi connectivity index (χ4v) is 3.03. The van der Waals surface area contributed by atoms with E-state index in [-0.39, 0.29) is 49.7 Å². The Labute approximate surface area is 178 Å². The van der Waals surface area contributed by atoms with Gasteiger partial charge in [-0.15, -0.1) is 11.6 Å². The lowest BCUT2D eigenvalue weighted by Crippen LogP contribution is -2.41. The van der Waals surface area contributed by atoms with Crippen LogP contribution in [0.3, 0.4) is 0 Å². The van der Waals surface area contributed by atoms with Gasteiger partial charge in [-0.25, -0.2) is 9.18 Å². The van der Waals surface area contributed by atoms with Crippen LogP contribution in [0, 0.1) is 5.82 Å². The average Bonchev–Trinajstić information content (AvgIpc) is 2.62. The lowest BCUT2D eigenvalue weighted by molar-refractivity contribution is -0.139. The minimum atomic E-state index is -3.66. The molecule has 0 aromatic heterocycles. The van der Waals surface area contributed by atoms with Crippen LogP contribution in [-0.4, -0.2) is 69.2 Å². The Hall–Kier alpha value is -2.44. The molecule has 2 amide bonds. The molecule has 0 bridgehead atoms. The van der Waals surface area contributed by atoms with Crippen molar-refractivity contribution in [1.82, 2.24) is 5.32 Å². The van der Waals surface area contributed by atoms with Crippen molar-refractivity contribution in [3.63, 3.8) is 0 Å². The molecule has 0 radical (unpaired) electrons. The zero-order valence-electron chi connectivity index (χ0n) is 16.1. The number of carbonyl (C=O) groups excluding carboxylic acids is 2. The number of nitrogens with two attached hydrogens (primary N) is 1. The summed E-state index contributed by atoms with van der Waals surface area (Å²) in [4.78, 5) is 35.8. The van der Waals surface area contributed by atoms with Crippen molar-refractivity contribution < 1.29 is 36.5 Å². The first-order chi connectivity index (χ1) is 13.9. The van der Waals surface area contributed by atoms with Gasteiger partial charge in [-0.05, 0) is 24.6 Å². The predicted octanol–water partition coefficient (Wildman–Crippen LogP) is 0.296. The quantitative estimate of drug-likeness (QED) is 0.276. The molecular weight excluding hydrogens is 445 g/mol. The number of halogens is 2. The van der Waals surface area contributed by atoms with Crippen molar-refractivity contribution in [2.75, 3.05) is 36.7 Å². The van der Waals surface area contributed by atoms with Crippen LogP contribution in [0.15, 0.2) is 18.2 Å². The first-order valence-corrected chi connectivity index (χ1v) is 11.1. The first-order valence-electron chi connectivity index (χ1n) is 8.71. The molecule has 168 valence electrons. The number of anilines is 1. The molecular formula is C17H23ClFN3O7S. The Bertz CT molecular complexity index is 882. The molecule has 0 fully saturated rings. The summed E-state index contributed by atoms with van der Waals surface area (Å²) in [5, 5.41) is 11.3. The van der Waals surface area contributed by atoms with E-state index in [2.05, 4.69) is 9.50 Å². The molecule has 30 heavy (non-hydrogen) atoms. The lowest BCUT2D eigenvalue weighted by Gasteiger charge is -2.24. The number of carboxylic acids is 1. The topological polar surface area (TPSA) is 156 Å². The van der Waals surface area contributed by atoms with Gasteiger partial charge in [-0.3, -0.25) is 13.8 Å². The van der Waals surface area contributed by atoms with Crippen molar-refractivity contribution in [2.45, 2.75) is 18.9 Å². The lowest BCUT2D eigenvalue weighted by atomic mass is 10.1. The maximum absolute atomic E-state index is 14.6. The summed E-state index contributed by atoms with van der Waals surface area (Å²) >= 11 is 5.71. The summed E-state index contributed by atoms with van der Waals surface area (Å²) in [5.41, 5.74) is 4.90. The predicted molar refractivity (Wildman–Crippen MR) is 107 cm³/mol. The standard InChI is InChI=1S/C17H23ClFN3O7S/c1-30(27,28)29-9-8-22(7-6-18)14-4-2-11(10-12(14)19)16(24)21-13(17(25)26)3-5-15(20)23/h2,4,10,13H,3,5-9H2,1H3,(H2,20,23)(H,21,24)(H,25,26)/t13-/m0/s1. The Morgan fingerprint density at radius 3 is 2.50 bits per heavy atom. The van der Waals surface area contributed by atoms with Crippen molar-refractivity contribution >= 4 is 45.2 Å². The summed E-state index contributed by atoms with van der Waals surface area (Å²) < 4.78 is 41.4. The number of amides is 2. The van der Waals surface area contributed by atoms with Gasteiger partial charge in [0.15, 0.2) is 0 Å². The number of aliphatic carboxylic acids is 1. The molecule has 0 spiro atoms. The maximum atomic E-state index is 14.6. The van der Waals surface area contributed by atoms with Crippen LogP contribution in [0.5, 0.6) is 0 Å². The van der Waals surface area contributed by atoms with E-state index in [4.69, 9.17) is 22.4 Å². The second-order valence-electron chi connectivity index (χ2n) is 6.24. The van der Waals surface area contributed by atoms with Crippen LogP contribution >= 0.6 is 11.6 Å². The zero-order valence-corrected chi connectivity index (χ0v) is 17.7.